The molecule has 0 aromatic heterocycles. The Morgan fingerprint density at radius 2 is 1.24 bits per heavy atom. The molecule has 37 heavy (non-hydrogen) atoms. The third-order valence-corrected chi connectivity index (χ3v) is 7.02. The number of nitrogens with one attached hydrogen (secondary N) is 1. The number of phosphoric acid groups is 1. The number of unbranched alkanes of at least 4 members (excludes halogenated alkanes) is 14. The molecule has 2 atom stereocenters. The molecule has 220 valence electrons. The number of hydrogen-bond acceptors (Lipinski definition) is 7. The van der Waals surface area contributed by atoms with Crippen LogP contribution < -0.4 is 5.32 Å². The minimum atomic E-state index is -4.37. The Hall–Kier alpha value is -0.990. The molecule has 10 heteroatoms. The smallest absolute Gasteiger partial charge is 0.463 e. The fourth-order valence-electron chi connectivity index (χ4n) is 3.77. The van der Waals surface area contributed by atoms with Gasteiger partial charge in [-0.1, -0.05) is 104 Å². The Balaban J connectivity index is 3.59. The number of esters is 1. The summed E-state index contributed by atoms with van der Waals surface area (Å²) in [6.45, 7) is 3.28. The molecule has 0 aromatic carbocycles. The van der Waals surface area contributed by atoms with Gasteiger partial charge in [0.1, 0.15) is 12.7 Å². The summed E-state index contributed by atoms with van der Waals surface area (Å²) in [5, 5.41) is 12.4. The first-order valence-corrected chi connectivity index (χ1v) is 16.0. The van der Waals surface area contributed by atoms with Crippen molar-refractivity contribution in [3.8, 4) is 0 Å². The molecular formula is C27H54NO8P. The lowest BCUT2D eigenvalue weighted by atomic mass is 10.0. The summed E-state index contributed by atoms with van der Waals surface area (Å²) in [7, 11) is -4.37. The summed E-state index contributed by atoms with van der Waals surface area (Å²) in [5.74, 6) is -0.550. The number of amides is 1. The number of aliphatic hydroxyl groups is 1. The Bertz CT molecular complexity index is 605. The third-order valence-electron chi connectivity index (χ3n) is 6.04. The van der Waals surface area contributed by atoms with E-state index < -0.39 is 26.5 Å². The molecule has 3 N–H and O–H groups in total. The molecule has 0 bridgehead atoms. The lowest BCUT2D eigenvalue weighted by molar-refractivity contribution is -0.147. The second-order valence-electron chi connectivity index (χ2n) is 9.73. The molecule has 0 heterocycles. The van der Waals surface area contributed by atoms with Gasteiger partial charge >= 0.3 is 13.8 Å². The maximum Gasteiger partial charge on any atom is 0.472 e. The van der Waals surface area contributed by atoms with Crippen LogP contribution in [0.2, 0.25) is 0 Å². The molecule has 0 rings (SSSR count). The van der Waals surface area contributed by atoms with Gasteiger partial charge in [-0.15, -0.1) is 0 Å². The van der Waals surface area contributed by atoms with Gasteiger partial charge in [0.05, 0.1) is 13.2 Å². The summed E-state index contributed by atoms with van der Waals surface area (Å²) in [4.78, 5) is 32.9. The maximum absolute atomic E-state index is 11.8. The average molecular weight is 552 g/mol. The largest absolute Gasteiger partial charge is 0.472 e. The van der Waals surface area contributed by atoms with E-state index in [2.05, 4.69) is 12.2 Å². The zero-order chi connectivity index (χ0) is 27.6. The Morgan fingerprint density at radius 3 is 1.78 bits per heavy atom. The van der Waals surface area contributed by atoms with Crippen LogP contribution in [0.1, 0.15) is 129 Å². The van der Waals surface area contributed by atoms with E-state index in [4.69, 9.17) is 13.8 Å². The quantitative estimate of drug-likeness (QED) is 0.0624. The third kappa shape index (κ3) is 26.4. The minimum absolute atomic E-state index is 0.0792. The summed E-state index contributed by atoms with van der Waals surface area (Å²) in [5.41, 5.74) is 0. The van der Waals surface area contributed by atoms with E-state index in [0.29, 0.717) is 6.42 Å². The van der Waals surface area contributed by atoms with Gasteiger partial charge in [0.2, 0.25) is 5.91 Å². The topological polar surface area (TPSA) is 131 Å². The molecule has 0 spiro atoms. The van der Waals surface area contributed by atoms with Crippen LogP contribution in [-0.4, -0.2) is 54.3 Å². The van der Waals surface area contributed by atoms with E-state index in [1.165, 1.54) is 70.6 Å². The molecule has 0 aliphatic carbocycles. The standard InChI is InChI=1S/C27H54NO8P/c1-3-5-7-8-9-10-11-12-13-14-15-16-17-18-20-27(31)34-23-25(29)24-36-37(32,33)35-22-21-28-26(30)19-6-4-2/h25,29H,3-24H2,1-2H3,(H,28,30)(H,32,33). The molecule has 0 aliphatic rings. The molecule has 0 radical (unpaired) electrons. The second kappa shape index (κ2) is 25.3. The number of ether oxygens (including phenoxy) is 1. The Labute approximate surface area is 225 Å². The number of phosphoric ester groups is 1. The maximum atomic E-state index is 11.8. The molecule has 0 saturated carbocycles. The number of carbonyl (C=O) groups excluding carboxylic acids is 2. The molecule has 0 aromatic rings. The molecule has 1 amide bonds. The van der Waals surface area contributed by atoms with E-state index in [1.54, 1.807) is 0 Å². The van der Waals surface area contributed by atoms with Crippen molar-refractivity contribution in [2.24, 2.45) is 0 Å². The van der Waals surface area contributed by atoms with Crippen molar-refractivity contribution < 1.29 is 37.9 Å². The van der Waals surface area contributed by atoms with Crippen LogP contribution in [0.25, 0.3) is 0 Å². The zero-order valence-electron chi connectivity index (χ0n) is 23.4. The first-order chi connectivity index (χ1) is 17.8. The van der Waals surface area contributed by atoms with Gasteiger partial charge in [-0.05, 0) is 12.8 Å². The van der Waals surface area contributed by atoms with Crippen molar-refractivity contribution in [3.05, 3.63) is 0 Å². The minimum Gasteiger partial charge on any atom is -0.463 e. The highest BCUT2D eigenvalue weighted by atomic mass is 31.2. The summed E-state index contributed by atoms with van der Waals surface area (Å²) < 4.78 is 26.3. The monoisotopic (exact) mass is 551 g/mol. The summed E-state index contributed by atoms with van der Waals surface area (Å²) in [6.07, 6.45) is 18.5. The van der Waals surface area contributed by atoms with Gasteiger partial charge in [-0.3, -0.25) is 18.6 Å². The molecule has 0 fully saturated rings. The van der Waals surface area contributed by atoms with E-state index in [1.807, 2.05) is 6.92 Å². The van der Waals surface area contributed by atoms with Crippen molar-refractivity contribution in [1.29, 1.82) is 0 Å². The van der Waals surface area contributed by atoms with Crippen LogP contribution in [0.15, 0.2) is 0 Å². The molecular weight excluding hydrogens is 497 g/mol. The van der Waals surface area contributed by atoms with Crippen molar-refractivity contribution in [2.75, 3.05) is 26.4 Å². The highest BCUT2D eigenvalue weighted by Crippen LogP contribution is 2.42. The highest BCUT2D eigenvalue weighted by molar-refractivity contribution is 7.47. The van der Waals surface area contributed by atoms with Gasteiger partial charge in [-0.25, -0.2) is 4.57 Å². The molecule has 2 unspecified atom stereocenters. The number of rotatable bonds is 27. The van der Waals surface area contributed by atoms with Gasteiger partial charge in [0.15, 0.2) is 0 Å². The van der Waals surface area contributed by atoms with E-state index >= 15 is 0 Å². The van der Waals surface area contributed by atoms with Crippen LogP contribution in [0.5, 0.6) is 0 Å². The Morgan fingerprint density at radius 1 is 0.730 bits per heavy atom. The molecule has 9 nitrogen and oxygen atoms in total. The summed E-state index contributed by atoms with van der Waals surface area (Å²) in [6, 6.07) is 0. The van der Waals surface area contributed by atoms with Gasteiger partial charge in [-0.2, -0.15) is 0 Å². The average Bonchev–Trinajstić information content (AvgIpc) is 2.87. The lowest BCUT2D eigenvalue weighted by Gasteiger charge is -2.15. The summed E-state index contributed by atoms with van der Waals surface area (Å²) >= 11 is 0. The van der Waals surface area contributed by atoms with Crippen molar-refractivity contribution >= 4 is 19.7 Å². The van der Waals surface area contributed by atoms with E-state index in [9.17, 15) is 24.2 Å². The first kappa shape index (κ1) is 36.0. The highest BCUT2D eigenvalue weighted by Gasteiger charge is 2.23. The Kier molecular flexibility index (Phi) is 24.6. The molecule has 0 saturated heterocycles. The second-order valence-corrected chi connectivity index (χ2v) is 11.2. The van der Waals surface area contributed by atoms with Gasteiger partial charge in [0, 0.05) is 19.4 Å². The lowest BCUT2D eigenvalue weighted by Crippen LogP contribution is -2.27. The number of carbonyl (C=O) groups is 2. The van der Waals surface area contributed by atoms with Crippen LogP contribution >= 0.6 is 7.82 Å². The van der Waals surface area contributed by atoms with Crippen LogP contribution in [-0.2, 0) is 27.9 Å². The zero-order valence-corrected chi connectivity index (χ0v) is 24.3. The van der Waals surface area contributed by atoms with Crippen molar-refractivity contribution in [3.63, 3.8) is 0 Å². The van der Waals surface area contributed by atoms with Crippen LogP contribution in [0.3, 0.4) is 0 Å². The SMILES string of the molecule is CCCCCCCCCCCCCCCCC(=O)OCC(O)COP(=O)(O)OCCNC(=O)CCCC. The van der Waals surface area contributed by atoms with Gasteiger partial charge in [0.25, 0.3) is 0 Å². The van der Waals surface area contributed by atoms with Crippen LogP contribution in [0.4, 0.5) is 0 Å². The first-order valence-electron chi connectivity index (χ1n) is 14.5. The predicted octanol–water partition coefficient (Wildman–Crippen LogP) is 6.20. The van der Waals surface area contributed by atoms with Crippen molar-refractivity contribution in [2.45, 2.75) is 136 Å². The fraction of sp³-hybridized carbons (Fsp3) is 0.926. The van der Waals surface area contributed by atoms with E-state index in [-0.39, 0.29) is 32.1 Å². The fourth-order valence-corrected chi connectivity index (χ4v) is 4.52. The number of aliphatic hydroxyl groups excluding tert-OH is 1. The van der Waals surface area contributed by atoms with Crippen LogP contribution in [0, 0.1) is 0 Å². The van der Waals surface area contributed by atoms with Gasteiger partial charge < -0.3 is 20.1 Å². The predicted molar refractivity (Wildman–Crippen MR) is 146 cm³/mol. The number of hydrogen-bond donors (Lipinski definition) is 3. The normalized spacial score (nSPS) is 13.7. The van der Waals surface area contributed by atoms with Crippen molar-refractivity contribution in [1.82, 2.24) is 5.32 Å². The van der Waals surface area contributed by atoms with E-state index in [0.717, 1.165) is 32.1 Å². The molecule has 0 aliphatic heterocycles.